The molecule has 0 unspecified atom stereocenters. The predicted molar refractivity (Wildman–Crippen MR) is 82.1 cm³/mol. The number of aryl methyl sites for hydroxylation is 2. The number of benzene rings is 2. The Morgan fingerprint density at radius 1 is 1.05 bits per heavy atom. The van der Waals surface area contributed by atoms with Crippen molar-refractivity contribution >= 4 is 22.4 Å². The molecule has 0 spiro atoms. The van der Waals surface area contributed by atoms with Crippen LogP contribution in [0.4, 0.5) is 5.69 Å². The molecular weight excluding hydrogens is 248 g/mol. The molecule has 3 nitrogen and oxygen atoms in total. The Balaban J connectivity index is 2.15. The highest BCUT2D eigenvalue weighted by Gasteiger charge is 2.16. The normalized spacial score (nSPS) is 10.9. The Labute approximate surface area is 117 Å². The molecule has 0 aliphatic heterocycles. The number of aromatic amines is 1. The molecule has 100 valence electrons. The zero-order valence-electron chi connectivity index (χ0n) is 11.5. The lowest BCUT2D eigenvalue weighted by atomic mass is 9.98. The van der Waals surface area contributed by atoms with Gasteiger partial charge in [0.2, 0.25) is 0 Å². The Hall–Kier alpha value is -2.55. The Morgan fingerprint density at radius 2 is 1.85 bits per heavy atom. The van der Waals surface area contributed by atoms with Crippen LogP contribution in [0.5, 0.6) is 0 Å². The van der Waals surface area contributed by atoms with E-state index in [1.807, 2.05) is 44.2 Å². The van der Waals surface area contributed by atoms with Gasteiger partial charge in [0.25, 0.3) is 0 Å². The third-order valence-electron chi connectivity index (χ3n) is 3.59. The van der Waals surface area contributed by atoms with Gasteiger partial charge >= 0.3 is 0 Å². The van der Waals surface area contributed by atoms with Crippen molar-refractivity contribution in [2.75, 3.05) is 5.73 Å². The summed E-state index contributed by atoms with van der Waals surface area (Å²) in [5.74, 6) is 0.00454. The van der Waals surface area contributed by atoms with E-state index in [1.165, 1.54) is 5.56 Å². The molecule has 0 radical (unpaired) electrons. The quantitative estimate of drug-likeness (QED) is 0.549. The lowest BCUT2D eigenvalue weighted by Crippen LogP contribution is -2.04. The van der Waals surface area contributed by atoms with Crippen molar-refractivity contribution in [1.82, 2.24) is 4.98 Å². The molecule has 0 atom stereocenters. The SMILES string of the molecule is Cc1ccc2c(C(=O)c3cc(N)ccc3C)c[nH]c2c1. The van der Waals surface area contributed by atoms with E-state index in [1.54, 1.807) is 12.3 Å². The molecule has 3 aromatic rings. The monoisotopic (exact) mass is 264 g/mol. The third kappa shape index (κ3) is 1.97. The zero-order chi connectivity index (χ0) is 14.3. The summed E-state index contributed by atoms with van der Waals surface area (Å²) < 4.78 is 0. The number of fused-ring (bicyclic) bond motifs is 1. The molecule has 20 heavy (non-hydrogen) atoms. The van der Waals surface area contributed by atoms with Crippen LogP contribution in [0.15, 0.2) is 42.6 Å². The van der Waals surface area contributed by atoms with Crippen LogP contribution in [0.3, 0.4) is 0 Å². The second-order valence-electron chi connectivity index (χ2n) is 5.15. The smallest absolute Gasteiger partial charge is 0.195 e. The zero-order valence-corrected chi connectivity index (χ0v) is 11.5. The van der Waals surface area contributed by atoms with Crippen LogP contribution in [-0.4, -0.2) is 10.8 Å². The molecule has 1 heterocycles. The highest BCUT2D eigenvalue weighted by atomic mass is 16.1. The molecular formula is C17H16N2O. The minimum atomic E-state index is 0.00454. The molecule has 0 saturated carbocycles. The van der Waals surface area contributed by atoms with Crippen molar-refractivity contribution in [2.45, 2.75) is 13.8 Å². The van der Waals surface area contributed by atoms with Crippen molar-refractivity contribution in [3.63, 3.8) is 0 Å². The van der Waals surface area contributed by atoms with E-state index < -0.39 is 0 Å². The first-order chi connectivity index (χ1) is 9.56. The summed E-state index contributed by atoms with van der Waals surface area (Å²) in [6, 6.07) is 11.5. The summed E-state index contributed by atoms with van der Waals surface area (Å²) >= 11 is 0. The predicted octanol–water partition coefficient (Wildman–Crippen LogP) is 3.60. The molecule has 0 aliphatic rings. The van der Waals surface area contributed by atoms with Crippen LogP contribution in [0, 0.1) is 13.8 Å². The average Bonchev–Trinajstić information content (AvgIpc) is 2.83. The van der Waals surface area contributed by atoms with Gasteiger partial charge in [0.05, 0.1) is 0 Å². The maximum absolute atomic E-state index is 12.7. The van der Waals surface area contributed by atoms with Gasteiger partial charge in [-0.05, 0) is 43.2 Å². The van der Waals surface area contributed by atoms with Gasteiger partial charge in [-0.2, -0.15) is 0 Å². The molecule has 0 amide bonds. The van der Waals surface area contributed by atoms with E-state index in [4.69, 9.17) is 5.73 Å². The number of nitrogen functional groups attached to an aromatic ring is 1. The molecule has 3 rings (SSSR count). The Kier molecular flexibility index (Phi) is 2.83. The fraction of sp³-hybridized carbons (Fsp3) is 0.118. The van der Waals surface area contributed by atoms with E-state index in [0.717, 1.165) is 16.5 Å². The number of rotatable bonds is 2. The van der Waals surface area contributed by atoms with Gasteiger partial charge in [0, 0.05) is 33.9 Å². The molecule has 1 aromatic heterocycles. The Morgan fingerprint density at radius 3 is 2.65 bits per heavy atom. The fourth-order valence-corrected chi connectivity index (χ4v) is 2.46. The second-order valence-corrected chi connectivity index (χ2v) is 5.15. The number of aromatic nitrogens is 1. The maximum atomic E-state index is 12.7. The Bertz CT molecular complexity index is 815. The number of H-pyrrole nitrogens is 1. The molecule has 0 aliphatic carbocycles. The van der Waals surface area contributed by atoms with Crippen LogP contribution in [-0.2, 0) is 0 Å². The summed E-state index contributed by atoms with van der Waals surface area (Å²) in [4.78, 5) is 15.9. The molecule has 0 bridgehead atoms. The highest BCUT2D eigenvalue weighted by Crippen LogP contribution is 2.24. The van der Waals surface area contributed by atoms with E-state index in [0.29, 0.717) is 16.8 Å². The van der Waals surface area contributed by atoms with Gasteiger partial charge in [-0.1, -0.05) is 18.2 Å². The summed E-state index contributed by atoms with van der Waals surface area (Å²) in [5, 5.41) is 0.947. The molecule has 3 N–H and O–H groups in total. The number of ketones is 1. The third-order valence-corrected chi connectivity index (χ3v) is 3.59. The van der Waals surface area contributed by atoms with Gasteiger partial charge in [-0.25, -0.2) is 0 Å². The van der Waals surface area contributed by atoms with E-state index in [-0.39, 0.29) is 5.78 Å². The van der Waals surface area contributed by atoms with Crippen LogP contribution in [0.1, 0.15) is 27.0 Å². The number of hydrogen-bond acceptors (Lipinski definition) is 2. The van der Waals surface area contributed by atoms with Gasteiger partial charge < -0.3 is 10.7 Å². The lowest BCUT2D eigenvalue weighted by Gasteiger charge is -2.05. The van der Waals surface area contributed by atoms with Crippen molar-refractivity contribution in [3.8, 4) is 0 Å². The second kappa shape index (κ2) is 4.53. The van der Waals surface area contributed by atoms with Gasteiger partial charge in [0.15, 0.2) is 5.78 Å². The maximum Gasteiger partial charge on any atom is 0.195 e. The highest BCUT2D eigenvalue weighted by molar-refractivity contribution is 6.17. The fourth-order valence-electron chi connectivity index (χ4n) is 2.46. The van der Waals surface area contributed by atoms with Crippen LogP contribution < -0.4 is 5.73 Å². The van der Waals surface area contributed by atoms with Gasteiger partial charge in [-0.15, -0.1) is 0 Å². The van der Waals surface area contributed by atoms with E-state index in [9.17, 15) is 4.79 Å². The standard InChI is InChI=1S/C17H16N2O/c1-10-3-6-13-15(9-19-16(13)7-10)17(20)14-8-12(18)5-4-11(14)2/h3-9,19H,18H2,1-2H3. The summed E-state index contributed by atoms with van der Waals surface area (Å²) in [6.45, 7) is 3.95. The number of hydrogen-bond donors (Lipinski definition) is 2. The number of anilines is 1. The first-order valence-electron chi connectivity index (χ1n) is 6.55. The van der Waals surface area contributed by atoms with Crippen molar-refractivity contribution in [2.24, 2.45) is 0 Å². The van der Waals surface area contributed by atoms with E-state index in [2.05, 4.69) is 4.98 Å². The van der Waals surface area contributed by atoms with Crippen LogP contribution in [0.2, 0.25) is 0 Å². The first kappa shape index (κ1) is 12.5. The minimum Gasteiger partial charge on any atom is -0.399 e. The molecule has 3 heteroatoms. The van der Waals surface area contributed by atoms with Crippen LogP contribution in [0.25, 0.3) is 10.9 Å². The number of nitrogens with two attached hydrogens (primary N) is 1. The lowest BCUT2D eigenvalue weighted by molar-refractivity contribution is 0.104. The van der Waals surface area contributed by atoms with E-state index >= 15 is 0 Å². The number of nitrogens with one attached hydrogen (secondary N) is 1. The first-order valence-corrected chi connectivity index (χ1v) is 6.55. The molecule has 0 fully saturated rings. The largest absolute Gasteiger partial charge is 0.399 e. The van der Waals surface area contributed by atoms with Crippen molar-refractivity contribution in [3.05, 3.63) is 64.8 Å². The topological polar surface area (TPSA) is 58.9 Å². The van der Waals surface area contributed by atoms with Gasteiger partial charge in [-0.3, -0.25) is 4.79 Å². The molecule has 2 aromatic carbocycles. The molecule has 0 saturated heterocycles. The minimum absolute atomic E-state index is 0.00454. The summed E-state index contributed by atoms with van der Waals surface area (Å²) in [6.07, 6.45) is 1.77. The number of carbonyl (C=O) groups excluding carboxylic acids is 1. The van der Waals surface area contributed by atoms with Crippen LogP contribution >= 0.6 is 0 Å². The van der Waals surface area contributed by atoms with Gasteiger partial charge in [0.1, 0.15) is 0 Å². The summed E-state index contributed by atoms with van der Waals surface area (Å²) in [5.41, 5.74) is 10.8. The number of carbonyl (C=O) groups is 1. The average molecular weight is 264 g/mol. The van der Waals surface area contributed by atoms with Crippen molar-refractivity contribution < 1.29 is 4.79 Å². The van der Waals surface area contributed by atoms with Crippen molar-refractivity contribution in [1.29, 1.82) is 0 Å². The summed E-state index contributed by atoms with van der Waals surface area (Å²) in [7, 11) is 0.